The molecule has 0 radical (unpaired) electrons. The van der Waals surface area contributed by atoms with Gasteiger partial charge in [0.25, 0.3) is 0 Å². The van der Waals surface area contributed by atoms with Gasteiger partial charge in [-0.05, 0) is 11.8 Å². The van der Waals surface area contributed by atoms with Crippen molar-refractivity contribution in [3.8, 4) is 0 Å². The lowest BCUT2D eigenvalue weighted by Crippen LogP contribution is -2.16. The van der Waals surface area contributed by atoms with Crippen LogP contribution in [0.1, 0.15) is 27.2 Å². The summed E-state index contributed by atoms with van der Waals surface area (Å²) >= 11 is 0. The van der Waals surface area contributed by atoms with E-state index in [0.29, 0.717) is 6.61 Å². The molecule has 0 aliphatic heterocycles. The lowest BCUT2D eigenvalue weighted by atomic mass is 9.93. The molecule has 0 aliphatic carbocycles. The maximum absolute atomic E-state index is 10.6. The van der Waals surface area contributed by atoms with E-state index in [1.54, 1.807) is 0 Å². The Morgan fingerprint density at radius 1 is 1.33 bits per heavy atom. The third-order valence-electron chi connectivity index (χ3n) is 1.27. The van der Waals surface area contributed by atoms with Gasteiger partial charge in [0.15, 0.2) is 0 Å². The van der Waals surface area contributed by atoms with Crippen molar-refractivity contribution < 1.29 is 14.3 Å². The summed E-state index contributed by atoms with van der Waals surface area (Å²) in [5.41, 5.74) is 5.13. The zero-order chi connectivity index (χ0) is 9.61. The molecule has 12 heavy (non-hydrogen) atoms. The van der Waals surface area contributed by atoms with E-state index in [0.717, 1.165) is 6.42 Å². The molecule has 72 valence electrons. The highest BCUT2D eigenvalue weighted by atomic mass is 16.7. The van der Waals surface area contributed by atoms with Gasteiger partial charge in [-0.3, -0.25) is 5.73 Å². The highest BCUT2D eigenvalue weighted by molar-refractivity contribution is 5.59. The number of hydrogen-bond acceptors (Lipinski definition) is 4. The summed E-state index contributed by atoms with van der Waals surface area (Å²) in [6, 6.07) is 0. The summed E-state index contributed by atoms with van der Waals surface area (Å²) in [7, 11) is 0. The molecule has 0 aromatic heterocycles. The minimum atomic E-state index is -0.693. The topological polar surface area (TPSA) is 61.5 Å². The molecule has 0 saturated carbocycles. The van der Waals surface area contributed by atoms with Gasteiger partial charge in [-0.1, -0.05) is 20.8 Å². The van der Waals surface area contributed by atoms with E-state index in [9.17, 15) is 4.79 Å². The first-order chi connectivity index (χ1) is 5.45. The average molecular weight is 175 g/mol. The van der Waals surface area contributed by atoms with Crippen LogP contribution in [-0.2, 0) is 9.47 Å². The Morgan fingerprint density at radius 3 is 2.33 bits per heavy atom. The molecule has 0 heterocycles. The van der Waals surface area contributed by atoms with Crippen molar-refractivity contribution in [2.75, 3.05) is 13.3 Å². The maximum atomic E-state index is 10.6. The van der Waals surface area contributed by atoms with E-state index in [1.165, 1.54) is 0 Å². The second kappa shape index (κ2) is 4.98. The molecule has 0 atom stereocenters. The van der Waals surface area contributed by atoms with Gasteiger partial charge in [-0.2, -0.15) is 0 Å². The van der Waals surface area contributed by atoms with Crippen molar-refractivity contribution in [3.63, 3.8) is 0 Å². The summed E-state index contributed by atoms with van der Waals surface area (Å²) in [5.74, 6) is 0. The van der Waals surface area contributed by atoms with Crippen LogP contribution in [0.15, 0.2) is 0 Å². The molecular weight excluding hydrogens is 158 g/mol. The fraction of sp³-hybridized carbons (Fsp3) is 0.875. The smallest absolute Gasteiger partial charge is 0.434 e. The Labute approximate surface area is 73.0 Å². The van der Waals surface area contributed by atoms with E-state index in [4.69, 9.17) is 10.5 Å². The normalized spacial score (nSPS) is 11.0. The minimum absolute atomic E-state index is 0.131. The van der Waals surface area contributed by atoms with Gasteiger partial charge in [0.05, 0.1) is 6.61 Å². The standard InChI is InChI=1S/C8H17NO3/c1-8(2,3)4-5-11-7(10)12-6-9/h4-6,9H2,1-3H3. The largest absolute Gasteiger partial charge is 0.509 e. The molecule has 0 amide bonds. The quantitative estimate of drug-likeness (QED) is 0.521. The number of nitrogens with two attached hydrogens (primary N) is 1. The van der Waals surface area contributed by atoms with Gasteiger partial charge in [0, 0.05) is 0 Å². The Hall–Kier alpha value is -0.770. The minimum Gasteiger partial charge on any atom is -0.434 e. The van der Waals surface area contributed by atoms with Crippen molar-refractivity contribution in [1.82, 2.24) is 0 Å². The van der Waals surface area contributed by atoms with E-state index >= 15 is 0 Å². The molecule has 0 unspecified atom stereocenters. The summed E-state index contributed by atoms with van der Waals surface area (Å²) < 4.78 is 9.09. The van der Waals surface area contributed by atoms with Crippen molar-refractivity contribution >= 4 is 6.16 Å². The molecule has 4 nitrogen and oxygen atoms in total. The molecule has 0 rings (SSSR count). The van der Waals surface area contributed by atoms with Crippen LogP contribution in [0.25, 0.3) is 0 Å². The predicted molar refractivity (Wildman–Crippen MR) is 45.6 cm³/mol. The average Bonchev–Trinajstić information content (AvgIpc) is 1.84. The second-order valence-corrected chi connectivity index (χ2v) is 3.72. The van der Waals surface area contributed by atoms with Crippen LogP contribution in [0.2, 0.25) is 0 Å². The molecule has 0 aliphatic rings. The van der Waals surface area contributed by atoms with Gasteiger partial charge in [-0.25, -0.2) is 4.79 Å². The lowest BCUT2D eigenvalue weighted by Gasteiger charge is -2.17. The molecule has 0 fully saturated rings. The lowest BCUT2D eigenvalue weighted by molar-refractivity contribution is 0.0502. The van der Waals surface area contributed by atoms with Crippen LogP contribution in [0, 0.1) is 5.41 Å². The number of carbonyl (C=O) groups is 1. The number of hydrogen-bond donors (Lipinski definition) is 1. The molecule has 2 N–H and O–H groups in total. The molecule has 0 aromatic carbocycles. The molecule has 4 heteroatoms. The van der Waals surface area contributed by atoms with Crippen LogP contribution >= 0.6 is 0 Å². The third kappa shape index (κ3) is 7.34. The van der Waals surface area contributed by atoms with Gasteiger partial charge in [0.1, 0.15) is 6.73 Å². The first-order valence-electron chi connectivity index (χ1n) is 3.95. The Kier molecular flexibility index (Phi) is 4.66. The summed E-state index contributed by atoms with van der Waals surface area (Å²) in [4.78, 5) is 10.6. The maximum Gasteiger partial charge on any atom is 0.509 e. The van der Waals surface area contributed by atoms with Crippen LogP contribution in [0.5, 0.6) is 0 Å². The monoisotopic (exact) mass is 175 g/mol. The highest BCUT2D eigenvalue weighted by Gasteiger charge is 2.11. The van der Waals surface area contributed by atoms with E-state index < -0.39 is 6.16 Å². The van der Waals surface area contributed by atoms with Crippen LogP contribution in [-0.4, -0.2) is 19.5 Å². The molecule has 0 aromatic rings. The first kappa shape index (κ1) is 11.2. The molecule has 0 bridgehead atoms. The van der Waals surface area contributed by atoms with Crippen molar-refractivity contribution in [2.24, 2.45) is 11.1 Å². The van der Waals surface area contributed by atoms with Gasteiger partial charge < -0.3 is 9.47 Å². The molecule has 0 saturated heterocycles. The number of ether oxygens (including phenoxy) is 2. The Balaban J connectivity index is 3.37. The van der Waals surface area contributed by atoms with E-state index in [2.05, 4.69) is 25.5 Å². The number of carbonyl (C=O) groups excluding carboxylic acids is 1. The Morgan fingerprint density at radius 2 is 1.92 bits per heavy atom. The van der Waals surface area contributed by atoms with Gasteiger partial charge >= 0.3 is 6.16 Å². The van der Waals surface area contributed by atoms with Crippen LogP contribution < -0.4 is 5.73 Å². The van der Waals surface area contributed by atoms with Gasteiger partial charge in [0.2, 0.25) is 0 Å². The van der Waals surface area contributed by atoms with Gasteiger partial charge in [-0.15, -0.1) is 0 Å². The van der Waals surface area contributed by atoms with Crippen molar-refractivity contribution in [2.45, 2.75) is 27.2 Å². The summed E-state index contributed by atoms with van der Waals surface area (Å²) in [6.45, 7) is 6.47. The van der Waals surface area contributed by atoms with Crippen LogP contribution in [0.3, 0.4) is 0 Å². The molecule has 0 spiro atoms. The summed E-state index contributed by atoms with van der Waals surface area (Å²) in [6.07, 6.45) is 0.119. The Bertz CT molecular complexity index is 140. The zero-order valence-corrected chi connectivity index (χ0v) is 7.92. The van der Waals surface area contributed by atoms with E-state index in [1.807, 2.05) is 0 Å². The second-order valence-electron chi connectivity index (χ2n) is 3.72. The first-order valence-corrected chi connectivity index (χ1v) is 3.95. The predicted octanol–water partition coefficient (Wildman–Crippen LogP) is 1.49. The highest BCUT2D eigenvalue weighted by Crippen LogP contribution is 2.17. The van der Waals surface area contributed by atoms with E-state index in [-0.39, 0.29) is 12.1 Å². The summed E-state index contributed by atoms with van der Waals surface area (Å²) in [5, 5.41) is 0. The van der Waals surface area contributed by atoms with Crippen molar-refractivity contribution in [3.05, 3.63) is 0 Å². The number of rotatable bonds is 3. The molecular formula is C8H17NO3. The van der Waals surface area contributed by atoms with Crippen molar-refractivity contribution in [1.29, 1.82) is 0 Å². The SMILES string of the molecule is CC(C)(C)CCOC(=O)OCN. The van der Waals surface area contributed by atoms with Crippen LogP contribution in [0.4, 0.5) is 4.79 Å². The third-order valence-corrected chi connectivity index (χ3v) is 1.27. The fourth-order valence-corrected chi connectivity index (χ4v) is 0.550. The zero-order valence-electron chi connectivity index (χ0n) is 7.92. The fourth-order valence-electron chi connectivity index (χ4n) is 0.550.